The molecule has 0 saturated carbocycles. The van der Waals surface area contributed by atoms with E-state index in [0.29, 0.717) is 10.7 Å². The van der Waals surface area contributed by atoms with Crippen LogP contribution in [0.25, 0.3) is 10.4 Å². The van der Waals surface area contributed by atoms with Crippen molar-refractivity contribution < 1.29 is 9.59 Å². The number of ketones is 1. The van der Waals surface area contributed by atoms with E-state index in [2.05, 4.69) is 10.3 Å². The summed E-state index contributed by atoms with van der Waals surface area (Å²) in [7, 11) is 0. The SMILES string of the molecule is CC(=O)Nc1nc(C)c(-c2ccc(C(C)=O)cc2)s1. The van der Waals surface area contributed by atoms with Crippen LogP contribution in [0.3, 0.4) is 0 Å². The molecule has 0 atom stereocenters. The lowest BCUT2D eigenvalue weighted by atomic mass is 10.1. The second kappa shape index (κ2) is 5.32. The predicted octanol–water partition coefficient (Wildman–Crippen LogP) is 3.28. The topological polar surface area (TPSA) is 59.1 Å². The molecule has 0 aliphatic carbocycles. The van der Waals surface area contributed by atoms with E-state index >= 15 is 0 Å². The van der Waals surface area contributed by atoms with Crippen molar-refractivity contribution in [2.45, 2.75) is 20.8 Å². The van der Waals surface area contributed by atoms with Crippen molar-refractivity contribution in [3.8, 4) is 10.4 Å². The molecule has 98 valence electrons. The summed E-state index contributed by atoms with van der Waals surface area (Å²) in [4.78, 5) is 27.5. The number of anilines is 1. The smallest absolute Gasteiger partial charge is 0.223 e. The number of hydrogen-bond acceptors (Lipinski definition) is 4. The quantitative estimate of drug-likeness (QED) is 0.874. The van der Waals surface area contributed by atoms with E-state index in [1.165, 1.54) is 18.3 Å². The zero-order chi connectivity index (χ0) is 14.0. The van der Waals surface area contributed by atoms with Gasteiger partial charge in [0.05, 0.1) is 10.6 Å². The van der Waals surface area contributed by atoms with E-state index in [1.807, 2.05) is 19.1 Å². The molecular formula is C14H14N2O2S. The number of amides is 1. The molecule has 2 rings (SSSR count). The van der Waals surface area contributed by atoms with Gasteiger partial charge in [-0.1, -0.05) is 35.6 Å². The fraction of sp³-hybridized carbons (Fsp3) is 0.214. The number of nitrogens with zero attached hydrogens (tertiary/aromatic N) is 1. The third-order valence-electron chi connectivity index (χ3n) is 2.63. The lowest BCUT2D eigenvalue weighted by Gasteiger charge is -2.00. The second-order valence-electron chi connectivity index (χ2n) is 4.25. The number of carbonyl (C=O) groups is 2. The molecule has 0 radical (unpaired) electrons. The van der Waals surface area contributed by atoms with Gasteiger partial charge < -0.3 is 5.32 Å². The molecule has 0 unspecified atom stereocenters. The van der Waals surface area contributed by atoms with Gasteiger partial charge in [-0.2, -0.15) is 0 Å². The predicted molar refractivity (Wildman–Crippen MR) is 76.6 cm³/mol. The maximum absolute atomic E-state index is 11.2. The Bertz CT molecular complexity index is 629. The number of Topliss-reactive ketones (excluding diaryl/α,β-unsaturated/α-hetero) is 1. The molecule has 1 aromatic carbocycles. The van der Waals surface area contributed by atoms with Crippen molar-refractivity contribution in [1.82, 2.24) is 4.98 Å². The van der Waals surface area contributed by atoms with Crippen LogP contribution in [0.4, 0.5) is 5.13 Å². The fourth-order valence-electron chi connectivity index (χ4n) is 1.72. The maximum atomic E-state index is 11.2. The van der Waals surface area contributed by atoms with Gasteiger partial charge in [0.2, 0.25) is 5.91 Å². The van der Waals surface area contributed by atoms with Gasteiger partial charge in [-0.3, -0.25) is 9.59 Å². The molecule has 0 aliphatic heterocycles. The average molecular weight is 274 g/mol. The van der Waals surface area contributed by atoms with Gasteiger partial charge in [-0.05, 0) is 19.4 Å². The molecule has 0 fully saturated rings. The Labute approximate surface area is 115 Å². The highest BCUT2D eigenvalue weighted by atomic mass is 32.1. The van der Waals surface area contributed by atoms with Crippen LogP contribution < -0.4 is 5.32 Å². The van der Waals surface area contributed by atoms with Crippen molar-refractivity contribution in [1.29, 1.82) is 0 Å². The van der Waals surface area contributed by atoms with Gasteiger partial charge in [0.1, 0.15) is 0 Å². The van der Waals surface area contributed by atoms with E-state index in [9.17, 15) is 9.59 Å². The number of benzene rings is 1. The van der Waals surface area contributed by atoms with Crippen molar-refractivity contribution in [2.24, 2.45) is 0 Å². The highest BCUT2D eigenvalue weighted by Crippen LogP contribution is 2.32. The lowest BCUT2D eigenvalue weighted by Crippen LogP contribution is -2.04. The van der Waals surface area contributed by atoms with E-state index < -0.39 is 0 Å². The Hall–Kier alpha value is -2.01. The second-order valence-corrected chi connectivity index (χ2v) is 5.25. The summed E-state index contributed by atoms with van der Waals surface area (Å²) in [5.41, 5.74) is 2.55. The Kier molecular flexibility index (Phi) is 3.76. The summed E-state index contributed by atoms with van der Waals surface area (Å²) >= 11 is 1.43. The van der Waals surface area contributed by atoms with Gasteiger partial charge in [0, 0.05) is 12.5 Å². The Morgan fingerprint density at radius 3 is 2.32 bits per heavy atom. The van der Waals surface area contributed by atoms with Crippen LogP contribution in [-0.4, -0.2) is 16.7 Å². The lowest BCUT2D eigenvalue weighted by molar-refractivity contribution is -0.114. The zero-order valence-electron chi connectivity index (χ0n) is 11.0. The Balaban J connectivity index is 2.33. The van der Waals surface area contributed by atoms with E-state index in [-0.39, 0.29) is 11.7 Å². The van der Waals surface area contributed by atoms with Crippen LogP contribution >= 0.6 is 11.3 Å². The van der Waals surface area contributed by atoms with Crippen molar-refractivity contribution in [2.75, 3.05) is 5.32 Å². The fourth-order valence-corrected chi connectivity index (χ4v) is 2.74. The monoisotopic (exact) mass is 274 g/mol. The highest BCUT2D eigenvalue weighted by molar-refractivity contribution is 7.19. The number of carbonyl (C=O) groups excluding carboxylic acids is 2. The normalized spacial score (nSPS) is 10.3. The summed E-state index contributed by atoms with van der Waals surface area (Å²) in [6.45, 7) is 4.90. The first-order valence-electron chi connectivity index (χ1n) is 5.84. The van der Waals surface area contributed by atoms with Gasteiger partial charge in [0.25, 0.3) is 0 Å². The molecule has 0 bridgehead atoms. The molecule has 1 aromatic heterocycles. The number of rotatable bonds is 3. The van der Waals surface area contributed by atoms with Crippen LogP contribution in [-0.2, 0) is 4.79 Å². The minimum absolute atomic E-state index is 0.0477. The molecule has 5 heteroatoms. The molecule has 1 N–H and O–H groups in total. The minimum atomic E-state index is -0.132. The molecule has 19 heavy (non-hydrogen) atoms. The average Bonchev–Trinajstić information content (AvgIpc) is 2.69. The summed E-state index contributed by atoms with van der Waals surface area (Å²) in [5, 5.41) is 3.27. The molecule has 4 nitrogen and oxygen atoms in total. The first-order chi connectivity index (χ1) is 8.97. The molecule has 1 heterocycles. The van der Waals surface area contributed by atoms with Gasteiger partial charge in [-0.25, -0.2) is 4.98 Å². The summed E-state index contributed by atoms with van der Waals surface area (Å²) in [6.07, 6.45) is 0. The Morgan fingerprint density at radius 1 is 1.16 bits per heavy atom. The molecule has 1 amide bonds. The molecular weight excluding hydrogens is 260 g/mol. The van der Waals surface area contributed by atoms with Crippen LogP contribution in [0.2, 0.25) is 0 Å². The minimum Gasteiger partial charge on any atom is -0.302 e. The van der Waals surface area contributed by atoms with Crippen LogP contribution in [0.1, 0.15) is 29.9 Å². The zero-order valence-corrected chi connectivity index (χ0v) is 11.8. The van der Waals surface area contributed by atoms with E-state index in [4.69, 9.17) is 0 Å². The molecule has 0 saturated heterocycles. The number of hydrogen-bond donors (Lipinski definition) is 1. The van der Waals surface area contributed by atoms with Crippen molar-refractivity contribution >= 4 is 28.2 Å². The van der Waals surface area contributed by atoms with Crippen molar-refractivity contribution in [3.63, 3.8) is 0 Å². The van der Waals surface area contributed by atoms with Crippen LogP contribution in [0, 0.1) is 6.92 Å². The summed E-state index contributed by atoms with van der Waals surface area (Å²) < 4.78 is 0. The van der Waals surface area contributed by atoms with Crippen LogP contribution in [0.15, 0.2) is 24.3 Å². The first-order valence-corrected chi connectivity index (χ1v) is 6.65. The van der Waals surface area contributed by atoms with Gasteiger partial charge in [-0.15, -0.1) is 0 Å². The number of aromatic nitrogens is 1. The van der Waals surface area contributed by atoms with Crippen LogP contribution in [0.5, 0.6) is 0 Å². The standard InChI is InChI=1S/C14H14N2O2S/c1-8-13(19-14(15-8)16-10(3)18)12-6-4-11(5-7-12)9(2)17/h4-7H,1-3H3,(H,15,16,18). The van der Waals surface area contributed by atoms with E-state index in [0.717, 1.165) is 16.1 Å². The Morgan fingerprint density at radius 2 is 1.79 bits per heavy atom. The molecule has 0 aliphatic rings. The van der Waals surface area contributed by atoms with Gasteiger partial charge in [0.15, 0.2) is 10.9 Å². The molecule has 0 spiro atoms. The molecule has 2 aromatic rings. The number of nitrogens with one attached hydrogen (secondary N) is 1. The number of aryl methyl sites for hydroxylation is 1. The number of thiazole rings is 1. The summed E-state index contributed by atoms with van der Waals surface area (Å²) in [5.74, 6) is -0.0845. The highest BCUT2D eigenvalue weighted by Gasteiger charge is 2.11. The largest absolute Gasteiger partial charge is 0.302 e. The van der Waals surface area contributed by atoms with Crippen molar-refractivity contribution in [3.05, 3.63) is 35.5 Å². The van der Waals surface area contributed by atoms with Gasteiger partial charge >= 0.3 is 0 Å². The third-order valence-corrected chi connectivity index (χ3v) is 3.76. The first kappa shape index (κ1) is 13.4. The summed E-state index contributed by atoms with van der Waals surface area (Å²) in [6, 6.07) is 7.40. The third kappa shape index (κ3) is 3.06. The van der Waals surface area contributed by atoms with E-state index in [1.54, 1.807) is 19.1 Å². The maximum Gasteiger partial charge on any atom is 0.223 e.